The zero-order valence-corrected chi connectivity index (χ0v) is 18.3. The first-order valence-corrected chi connectivity index (χ1v) is 10.8. The van der Waals surface area contributed by atoms with E-state index >= 15 is 0 Å². The van der Waals surface area contributed by atoms with E-state index in [1.807, 2.05) is 20.2 Å². The van der Waals surface area contributed by atoms with Gasteiger partial charge in [-0.1, -0.05) is 18.2 Å². The summed E-state index contributed by atoms with van der Waals surface area (Å²) in [5.74, 6) is 1.87. The highest BCUT2D eigenvalue weighted by Crippen LogP contribution is 2.52. The molecule has 1 aromatic heterocycles. The van der Waals surface area contributed by atoms with Gasteiger partial charge in [0, 0.05) is 19.4 Å². The molecule has 3 aromatic carbocycles. The van der Waals surface area contributed by atoms with Crippen molar-refractivity contribution in [1.82, 2.24) is 4.98 Å². The highest BCUT2D eigenvalue weighted by atomic mass is 16.5. The first-order valence-electron chi connectivity index (χ1n) is 10.8. The second-order valence-electron chi connectivity index (χ2n) is 9.54. The van der Waals surface area contributed by atoms with Crippen LogP contribution in [0.4, 0.5) is 0 Å². The Hall–Kier alpha value is -3.45. The number of fused-ring (bicyclic) bond motifs is 3. The van der Waals surface area contributed by atoms with Crippen molar-refractivity contribution >= 4 is 21.7 Å². The summed E-state index contributed by atoms with van der Waals surface area (Å²) in [4.78, 5) is 8.52. The van der Waals surface area contributed by atoms with E-state index in [0.29, 0.717) is 6.42 Å². The molecule has 0 saturated heterocycles. The molecule has 0 bridgehead atoms. The van der Waals surface area contributed by atoms with Crippen LogP contribution in [-0.4, -0.2) is 10.5 Å². The lowest BCUT2D eigenvalue weighted by Crippen LogP contribution is -2.33. The Morgan fingerprint density at radius 1 is 1.19 bits per heavy atom. The molecule has 1 aliphatic carbocycles. The Kier molecular flexibility index (Phi) is 3.57. The Labute approximate surface area is 181 Å². The van der Waals surface area contributed by atoms with Crippen LogP contribution in [0.1, 0.15) is 36.1 Å². The lowest BCUT2D eigenvalue weighted by Gasteiger charge is -2.25. The van der Waals surface area contributed by atoms with E-state index in [9.17, 15) is 0 Å². The number of aryl methyl sites for hydroxylation is 4. The predicted octanol–water partition coefficient (Wildman–Crippen LogP) is 5.63. The van der Waals surface area contributed by atoms with Crippen LogP contribution in [0.15, 0.2) is 36.7 Å². The smallest absolute Gasteiger partial charge is 0.287 e. The van der Waals surface area contributed by atoms with Crippen molar-refractivity contribution in [2.75, 3.05) is 0 Å². The summed E-state index contributed by atoms with van der Waals surface area (Å²) in [5.41, 5.74) is 7.95. The largest absolute Gasteiger partial charge is 0.455 e. The van der Waals surface area contributed by atoms with Gasteiger partial charge >= 0.3 is 0 Å². The third kappa shape index (κ3) is 2.47. The van der Waals surface area contributed by atoms with Gasteiger partial charge < -0.3 is 9.58 Å². The third-order valence-electron chi connectivity index (χ3n) is 6.87. The maximum atomic E-state index is 7.52. The molecule has 1 aliphatic heterocycles. The number of aromatic nitrogens is 2. The summed E-state index contributed by atoms with van der Waals surface area (Å²) in [6, 6.07) is 10.9. The van der Waals surface area contributed by atoms with Crippen molar-refractivity contribution in [3.8, 4) is 22.8 Å². The summed E-state index contributed by atoms with van der Waals surface area (Å²) >= 11 is 0. The molecule has 31 heavy (non-hydrogen) atoms. The van der Waals surface area contributed by atoms with Crippen LogP contribution in [0.25, 0.3) is 37.8 Å². The minimum absolute atomic E-state index is 0.453. The van der Waals surface area contributed by atoms with Gasteiger partial charge in [-0.05, 0) is 64.3 Å². The lowest BCUT2D eigenvalue weighted by molar-refractivity contribution is -0.662. The maximum absolute atomic E-state index is 7.52. The summed E-state index contributed by atoms with van der Waals surface area (Å²) in [5, 5.41) is 3.77. The van der Waals surface area contributed by atoms with Gasteiger partial charge in [0.25, 0.3) is 6.33 Å². The van der Waals surface area contributed by atoms with E-state index in [4.69, 9.17) is 16.3 Å². The number of nitrogens with zero attached hydrogens (tertiary/aromatic N) is 3. The number of benzene rings is 3. The van der Waals surface area contributed by atoms with Gasteiger partial charge in [0.1, 0.15) is 16.9 Å². The van der Waals surface area contributed by atoms with Gasteiger partial charge in [0.05, 0.1) is 19.0 Å². The van der Waals surface area contributed by atoms with Crippen molar-refractivity contribution in [2.45, 2.75) is 45.6 Å². The molecule has 2 aliphatic rings. The lowest BCUT2D eigenvalue weighted by atomic mass is 9.89. The maximum Gasteiger partial charge on any atom is 0.287 e. The van der Waals surface area contributed by atoms with Crippen LogP contribution in [0.3, 0.4) is 0 Å². The fourth-order valence-electron chi connectivity index (χ4n) is 5.45. The van der Waals surface area contributed by atoms with Crippen LogP contribution in [0.5, 0.6) is 11.5 Å². The van der Waals surface area contributed by atoms with Gasteiger partial charge in [0.15, 0.2) is 11.2 Å². The highest BCUT2D eigenvalue weighted by Gasteiger charge is 2.35. The summed E-state index contributed by atoms with van der Waals surface area (Å²) in [6.07, 6.45) is 4.65. The molecule has 2 heterocycles. The van der Waals surface area contributed by atoms with Crippen molar-refractivity contribution in [2.24, 2.45) is 7.05 Å². The zero-order chi connectivity index (χ0) is 21.5. The number of hydrogen-bond acceptors (Lipinski definition) is 2. The van der Waals surface area contributed by atoms with Gasteiger partial charge in [-0.3, -0.25) is 0 Å². The summed E-state index contributed by atoms with van der Waals surface area (Å²) in [6.45, 7) is 13.7. The van der Waals surface area contributed by atoms with Crippen molar-refractivity contribution in [3.63, 3.8) is 0 Å². The fraction of sp³-hybridized carbons (Fsp3) is 0.296. The van der Waals surface area contributed by atoms with Crippen molar-refractivity contribution < 1.29 is 9.30 Å². The minimum atomic E-state index is -0.453. The normalized spacial score (nSPS) is 13.9. The molecule has 0 unspecified atom stereocenters. The van der Waals surface area contributed by atoms with E-state index in [2.05, 4.69) is 53.7 Å². The zero-order valence-electron chi connectivity index (χ0n) is 18.3. The SMILES string of the molecule is [C-]#[N+]C(C)(C)Cc1cc2c3c([n+](C)cnc3c1)-c1c(c3c4c(cccc4c1C)CC3)O2. The van der Waals surface area contributed by atoms with E-state index in [1.54, 1.807) is 0 Å². The molecule has 0 N–H and O–H groups in total. The molecule has 0 saturated carbocycles. The van der Waals surface area contributed by atoms with Gasteiger partial charge in [0.2, 0.25) is 5.54 Å². The van der Waals surface area contributed by atoms with Gasteiger partial charge in [-0.25, -0.2) is 11.1 Å². The van der Waals surface area contributed by atoms with Crippen molar-refractivity contribution in [3.05, 3.63) is 70.3 Å². The molecule has 4 heteroatoms. The van der Waals surface area contributed by atoms with E-state index in [1.165, 1.54) is 38.7 Å². The standard InChI is InChI=1S/C27H24N3O/c1-15-18-8-6-7-17-9-10-19(23(17)18)26-22(15)25-24-20(29-14-30(25)5)11-16(12-21(24)31-26)13-27(2,3)28-4/h6-8,11-12,14H,9-10,13H2,1-3,5H3/q+1. The number of ether oxygens (including phenoxy) is 1. The third-order valence-corrected chi connectivity index (χ3v) is 6.87. The Morgan fingerprint density at radius 2 is 2.03 bits per heavy atom. The van der Waals surface area contributed by atoms with Gasteiger partial charge in [-0.2, -0.15) is 0 Å². The van der Waals surface area contributed by atoms with Gasteiger partial charge in [-0.15, -0.1) is 0 Å². The molecule has 0 spiro atoms. The Bertz CT molecular complexity index is 1490. The van der Waals surface area contributed by atoms with E-state index in [-0.39, 0.29) is 0 Å². The average Bonchev–Trinajstić information content (AvgIpc) is 3.18. The monoisotopic (exact) mass is 406 g/mol. The number of rotatable bonds is 2. The Balaban J connectivity index is 1.70. The van der Waals surface area contributed by atoms with Crippen LogP contribution < -0.4 is 9.30 Å². The molecule has 0 amide bonds. The van der Waals surface area contributed by atoms with Crippen molar-refractivity contribution in [1.29, 1.82) is 0 Å². The van der Waals surface area contributed by atoms with Crippen LogP contribution in [0, 0.1) is 13.5 Å². The molecule has 0 radical (unpaired) electrons. The summed E-state index contributed by atoms with van der Waals surface area (Å²) < 4.78 is 8.83. The molecule has 0 fully saturated rings. The first-order chi connectivity index (χ1) is 14.9. The first kappa shape index (κ1) is 18.3. The molecule has 4 aromatic rings. The van der Waals surface area contributed by atoms with E-state index in [0.717, 1.165) is 40.8 Å². The molecule has 0 atom stereocenters. The van der Waals surface area contributed by atoms with Crippen LogP contribution in [-0.2, 0) is 26.3 Å². The summed E-state index contributed by atoms with van der Waals surface area (Å²) in [7, 11) is 2.07. The predicted molar refractivity (Wildman–Crippen MR) is 122 cm³/mol. The Morgan fingerprint density at radius 3 is 2.84 bits per heavy atom. The highest BCUT2D eigenvalue weighted by molar-refractivity contribution is 6.07. The molecular weight excluding hydrogens is 382 g/mol. The van der Waals surface area contributed by atoms with Crippen LogP contribution in [0.2, 0.25) is 0 Å². The second-order valence-corrected chi connectivity index (χ2v) is 9.54. The molecule has 4 nitrogen and oxygen atoms in total. The molecular formula is C27H24N3O+. The molecule has 152 valence electrons. The van der Waals surface area contributed by atoms with E-state index < -0.39 is 5.54 Å². The minimum Gasteiger partial charge on any atom is -0.455 e. The fourth-order valence-corrected chi connectivity index (χ4v) is 5.45. The molecule has 6 rings (SSSR count). The topological polar surface area (TPSA) is 30.4 Å². The second kappa shape index (κ2) is 6.04. The quantitative estimate of drug-likeness (QED) is 0.281. The number of hydrogen-bond donors (Lipinski definition) is 0. The van der Waals surface area contributed by atoms with Crippen LogP contribution >= 0.6 is 0 Å². The average molecular weight is 407 g/mol.